The molecule has 13 heavy (non-hydrogen) atoms. The lowest BCUT2D eigenvalue weighted by molar-refractivity contribution is 0.222. The lowest BCUT2D eigenvalue weighted by Gasteiger charge is -2.21. The maximum absolute atomic E-state index is 5.07. The summed E-state index contributed by atoms with van der Waals surface area (Å²) < 4.78 is 5.07. The Morgan fingerprint density at radius 1 is 1.77 bits per heavy atom. The molecule has 0 aromatic carbocycles. The van der Waals surface area contributed by atoms with Crippen LogP contribution in [-0.4, -0.2) is 34.7 Å². The number of hydrogen-bond acceptors (Lipinski definition) is 4. The highest BCUT2D eigenvalue weighted by Gasteiger charge is 2.20. The Hall–Kier alpha value is -0.480. The number of thioether (sulfide) groups is 1. The van der Waals surface area contributed by atoms with Crippen molar-refractivity contribution in [3.63, 3.8) is 0 Å². The molecule has 0 amide bonds. The van der Waals surface area contributed by atoms with Gasteiger partial charge in [-0.05, 0) is 19.2 Å². The highest BCUT2D eigenvalue weighted by atomic mass is 32.2. The van der Waals surface area contributed by atoms with Crippen molar-refractivity contribution in [3.05, 3.63) is 18.0 Å². The first-order chi connectivity index (χ1) is 6.36. The molecule has 4 heteroatoms. The molecule has 1 aromatic heterocycles. The van der Waals surface area contributed by atoms with E-state index < -0.39 is 0 Å². The Morgan fingerprint density at radius 3 is 3.31 bits per heavy atom. The number of aromatic nitrogens is 1. The van der Waals surface area contributed by atoms with Gasteiger partial charge in [0.15, 0.2) is 5.76 Å². The summed E-state index contributed by atoms with van der Waals surface area (Å²) in [6.07, 6.45) is 3.00. The molecule has 1 aromatic rings. The van der Waals surface area contributed by atoms with Crippen LogP contribution in [-0.2, 0) is 6.54 Å². The second kappa shape index (κ2) is 4.15. The maximum Gasteiger partial charge on any atom is 0.150 e. The fraction of sp³-hybridized carbons (Fsp3) is 0.667. The third kappa shape index (κ3) is 2.25. The van der Waals surface area contributed by atoms with E-state index in [1.54, 1.807) is 6.20 Å². The maximum atomic E-state index is 5.07. The Morgan fingerprint density at radius 2 is 2.69 bits per heavy atom. The normalized spacial score (nSPS) is 22.8. The SMILES string of the molecule is CN(Cc1ccno1)C1CCSC1. The summed E-state index contributed by atoms with van der Waals surface area (Å²) in [5, 5.41) is 3.69. The van der Waals surface area contributed by atoms with E-state index in [-0.39, 0.29) is 0 Å². The standard InChI is InChI=1S/C9H14N2OS/c1-11(8-3-5-13-7-8)6-9-2-4-10-12-9/h2,4,8H,3,5-7H2,1H3. The van der Waals surface area contributed by atoms with E-state index >= 15 is 0 Å². The molecule has 1 aliphatic heterocycles. The first kappa shape index (κ1) is 9.09. The van der Waals surface area contributed by atoms with Crippen LogP contribution in [0.3, 0.4) is 0 Å². The first-order valence-electron chi connectivity index (χ1n) is 4.54. The van der Waals surface area contributed by atoms with Gasteiger partial charge in [-0.25, -0.2) is 0 Å². The summed E-state index contributed by atoms with van der Waals surface area (Å²) in [6, 6.07) is 2.65. The van der Waals surface area contributed by atoms with Crippen molar-refractivity contribution < 1.29 is 4.52 Å². The van der Waals surface area contributed by atoms with Gasteiger partial charge in [0.05, 0.1) is 12.7 Å². The summed E-state index contributed by atoms with van der Waals surface area (Å²) in [5.74, 6) is 3.51. The molecule has 0 aliphatic carbocycles. The van der Waals surface area contributed by atoms with Crippen LogP contribution in [0.5, 0.6) is 0 Å². The minimum absolute atomic E-state index is 0.718. The molecule has 0 spiro atoms. The van der Waals surface area contributed by atoms with Crippen molar-refractivity contribution in [2.75, 3.05) is 18.6 Å². The van der Waals surface area contributed by atoms with E-state index in [9.17, 15) is 0 Å². The zero-order valence-electron chi connectivity index (χ0n) is 7.77. The third-order valence-corrected chi connectivity index (χ3v) is 3.57. The van der Waals surface area contributed by atoms with Crippen LogP contribution in [0.1, 0.15) is 12.2 Å². The summed E-state index contributed by atoms with van der Waals surface area (Å²) in [6.45, 7) is 0.880. The van der Waals surface area contributed by atoms with Gasteiger partial charge in [0.1, 0.15) is 0 Å². The number of nitrogens with zero attached hydrogens (tertiary/aromatic N) is 2. The molecule has 72 valence electrons. The van der Waals surface area contributed by atoms with E-state index in [1.807, 2.05) is 17.8 Å². The Labute approximate surface area is 82.5 Å². The molecule has 1 saturated heterocycles. The third-order valence-electron chi connectivity index (χ3n) is 2.43. The smallest absolute Gasteiger partial charge is 0.150 e. The molecular formula is C9H14N2OS. The molecule has 1 fully saturated rings. The molecule has 0 N–H and O–H groups in total. The van der Waals surface area contributed by atoms with Gasteiger partial charge >= 0.3 is 0 Å². The molecule has 0 radical (unpaired) electrons. The summed E-state index contributed by atoms with van der Waals surface area (Å²) in [5.41, 5.74) is 0. The zero-order chi connectivity index (χ0) is 9.10. The van der Waals surface area contributed by atoms with Gasteiger partial charge in [-0.15, -0.1) is 0 Å². The van der Waals surface area contributed by atoms with Crippen molar-refractivity contribution in [1.82, 2.24) is 10.1 Å². The van der Waals surface area contributed by atoms with Gasteiger partial charge in [0.2, 0.25) is 0 Å². The van der Waals surface area contributed by atoms with Crippen molar-refractivity contribution >= 4 is 11.8 Å². The van der Waals surface area contributed by atoms with Crippen LogP contribution in [0.15, 0.2) is 16.8 Å². The summed E-state index contributed by atoms with van der Waals surface area (Å²) >= 11 is 2.04. The predicted octanol–water partition coefficient (Wildman–Crippen LogP) is 1.61. The molecule has 1 atom stereocenters. The molecule has 2 heterocycles. The van der Waals surface area contributed by atoms with E-state index in [2.05, 4.69) is 17.1 Å². The molecule has 0 bridgehead atoms. The second-order valence-electron chi connectivity index (χ2n) is 3.41. The van der Waals surface area contributed by atoms with Crippen LogP contribution in [0, 0.1) is 0 Å². The van der Waals surface area contributed by atoms with Crippen molar-refractivity contribution in [3.8, 4) is 0 Å². The fourth-order valence-electron chi connectivity index (χ4n) is 1.57. The van der Waals surface area contributed by atoms with Gasteiger partial charge in [0, 0.05) is 17.9 Å². The van der Waals surface area contributed by atoms with Crippen LogP contribution in [0.2, 0.25) is 0 Å². The lowest BCUT2D eigenvalue weighted by atomic mass is 10.2. The molecule has 3 nitrogen and oxygen atoms in total. The Balaban J connectivity index is 1.87. The van der Waals surface area contributed by atoms with Crippen molar-refractivity contribution in [1.29, 1.82) is 0 Å². The van der Waals surface area contributed by atoms with Crippen molar-refractivity contribution in [2.45, 2.75) is 19.0 Å². The van der Waals surface area contributed by atoms with Gasteiger partial charge in [-0.1, -0.05) is 5.16 Å². The highest BCUT2D eigenvalue weighted by molar-refractivity contribution is 7.99. The van der Waals surface area contributed by atoms with Gasteiger partial charge in [-0.3, -0.25) is 4.90 Å². The lowest BCUT2D eigenvalue weighted by Crippen LogP contribution is -2.30. The van der Waals surface area contributed by atoms with Crippen molar-refractivity contribution in [2.24, 2.45) is 0 Å². The van der Waals surface area contributed by atoms with Gasteiger partial charge < -0.3 is 4.52 Å². The van der Waals surface area contributed by atoms with Crippen LogP contribution < -0.4 is 0 Å². The quantitative estimate of drug-likeness (QED) is 0.738. The van der Waals surface area contributed by atoms with E-state index in [1.165, 1.54) is 17.9 Å². The van der Waals surface area contributed by atoms with Crippen LogP contribution >= 0.6 is 11.8 Å². The average Bonchev–Trinajstić information content (AvgIpc) is 2.74. The van der Waals surface area contributed by atoms with Crippen LogP contribution in [0.25, 0.3) is 0 Å². The average molecular weight is 198 g/mol. The first-order valence-corrected chi connectivity index (χ1v) is 5.69. The summed E-state index contributed by atoms with van der Waals surface area (Å²) in [7, 11) is 2.15. The Bertz CT molecular complexity index is 244. The predicted molar refractivity (Wildman–Crippen MR) is 53.7 cm³/mol. The number of rotatable bonds is 3. The largest absolute Gasteiger partial charge is 0.360 e. The van der Waals surface area contributed by atoms with Gasteiger partial charge in [-0.2, -0.15) is 11.8 Å². The second-order valence-corrected chi connectivity index (χ2v) is 4.56. The molecular weight excluding hydrogens is 184 g/mol. The molecule has 1 aliphatic rings. The zero-order valence-corrected chi connectivity index (χ0v) is 8.59. The van der Waals surface area contributed by atoms with E-state index in [0.29, 0.717) is 0 Å². The minimum Gasteiger partial charge on any atom is -0.360 e. The topological polar surface area (TPSA) is 29.3 Å². The minimum atomic E-state index is 0.718. The van der Waals surface area contributed by atoms with Crippen LogP contribution in [0.4, 0.5) is 0 Å². The van der Waals surface area contributed by atoms with E-state index in [0.717, 1.165) is 18.3 Å². The fourth-order valence-corrected chi connectivity index (χ4v) is 2.87. The highest BCUT2D eigenvalue weighted by Crippen LogP contribution is 2.22. The molecule has 1 unspecified atom stereocenters. The molecule has 0 saturated carbocycles. The Kier molecular flexibility index (Phi) is 2.90. The van der Waals surface area contributed by atoms with E-state index in [4.69, 9.17) is 4.52 Å². The summed E-state index contributed by atoms with van der Waals surface area (Å²) in [4.78, 5) is 2.35. The monoisotopic (exact) mass is 198 g/mol. The number of hydrogen-bond donors (Lipinski definition) is 0. The van der Waals surface area contributed by atoms with Gasteiger partial charge in [0.25, 0.3) is 0 Å². The molecule has 2 rings (SSSR count).